The van der Waals surface area contributed by atoms with Crippen LogP contribution in [0.25, 0.3) is 0 Å². The molecule has 0 unspecified atom stereocenters. The van der Waals surface area contributed by atoms with Crippen molar-refractivity contribution in [2.75, 3.05) is 23.7 Å². The van der Waals surface area contributed by atoms with Gasteiger partial charge in [0.25, 0.3) is 0 Å². The van der Waals surface area contributed by atoms with Crippen LogP contribution >= 0.6 is 0 Å². The highest BCUT2D eigenvalue weighted by Crippen LogP contribution is 2.21. The quantitative estimate of drug-likeness (QED) is 0.782. The first kappa shape index (κ1) is 16.4. The molecule has 1 heterocycles. The molecule has 6 nitrogen and oxygen atoms in total. The molecule has 0 fully saturated rings. The highest BCUT2D eigenvalue weighted by Gasteiger charge is 2.14. The number of hydrogen-bond acceptors (Lipinski definition) is 5. The number of aryl methyl sites for hydroxylation is 1. The number of anilines is 1. The Morgan fingerprint density at radius 1 is 1.27 bits per heavy atom. The standard InChI is InChI=1S/C15H20N2O4S/c1-4-17(22(3,18)19)14-5-7-15(8-6-14)20-10-9-13-11-21-12(2)16-13/h5-8,11H,4,9-10H2,1-3H3. The van der Waals surface area contributed by atoms with Crippen molar-refractivity contribution in [3.63, 3.8) is 0 Å². The molecule has 0 aliphatic carbocycles. The molecule has 0 amide bonds. The Morgan fingerprint density at radius 2 is 1.95 bits per heavy atom. The van der Waals surface area contributed by atoms with Crippen LogP contribution in [-0.2, 0) is 16.4 Å². The molecule has 0 bridgehead atoms. The molecular formula is C15H20N2O4S. The molecule has 0 N–H and O–H groups in total. The second-order valence-electron chi connectivity index (χ2n) is 4.88. The maximum absolute atomic E-state index is 11.7. The lowest BCUT2D eigenvalue weighted by atomic mass is 10.3. The summed E-state index contributed by atoms with van der Waals surface area (Å²) in [5.74, 6) is 1.33. The predicted molar refractivity (Wildman–Crippen MR) is 84.7 cm³/mol. The van der Waals surface area contributed by atoms with Gasteiger partial charge in [0.05, 0.1) is 24.2 Å². The third-order valence-electron chi connectivity index (χ3n) is 3.11. The maximum Gasteiger partial charge on any atom is 0.232 e. The van der Waals surface area contributed by atoms with Crippen LogP contribution in [0.3, 0.4) is 0 Å². The Bertz CT molecular complexity index is 707. The third-order valence-corrected chi connectivity index (χ3v) is 4.38. The first-order valence-corrected chi connectivity index (χ1v) is 8.86. The molecule has 0 radical (unpaired) electrons. The van der Waals surface area contributed by atoms with Crippen molar-refractivity contribution in [1.82, 2.24) is 4.98 Å². The minimum Gasteiger partial charge on any atom is -0.493 e. The van der Waals surface area contributed by atoms with Gasteiger partial charge in [-0.25, -0.2) is 13.4 Å². The Hall–Kier alpha value is -2.02. The van der Waals surface area contributed by atoms with Crippen molar-refractivity contribution in [3.8, 4) is 5.75 Å². The average Bonchev–Trinajstić information content (AvgIpc) is 2.85. The lowest BCUT2D eigenvalue weighted by molar-refractivity contribution is 0.320. The van der Waals surface area contributed by atoms with Gasteiger partial charge in [-0.1, -0.05) is 0 Å². The van der Waals surface area contributed by atoms with Gasteiger partial charge < -0.3 is 9.15 Å². The van der Waals surface area contributed by atoms with Crippen molar-refractivity contribution >= 4 is 15.7 Å². The third kappa shape index (κ3) is 4.24. The van der Waals surface area contributed by atoms with Crippen molar-refractivity contribution < 1.29 is 17.6 Å². The maximum atomic E-state index is 11.7. The van der Waals surface area contributed by atoms with Crippen molar-refractivity contribution in [3.05, 3.63) is 42.1 Å². The minimum atomic E-state index is -3.26. The summed E-state index contributed by atoms with van der Waals surface area (Å²) in [6.07, 6.45) is 3.47. The zero-order valence-electron chi connectivity index (χ0n) is 12.9. The van der Waals surface area contributed by atoms with E-state index >= 15 is 0 Å². The van der Waals surface area contributed by atoms with Gasteiger partial charge in [-0.05, 0) is 31.2 Å². The van der Waals surface area contributed by atoms with Crippen molar-refractivity contribution in [1.29, 1.82) is 0 Å². The summed E-state index contributed by atoms with van der Waals surface area (Å²) in [5, 5.41) is 0. The van der Waals surface area contributed by atoms with E-state index < -0.39 is 10.0 Å². The topological polar surface area (TPSA) is 72.6 Å². The van der Waals surface area contributed by atoms with Crippen LogP contribution in [-0.4, -0.2) is 32.8 Å². The molecule has 120 valence electrons. The fourth-order valence-corrected chi connectivity index (χ4v) is 3.09. The number of oxazole rings is 1. The number of rotatable bonds is 7. The second-order valence-corrected chi connectivity index (χ2v) is 6.78. The normalized spacial score (nSPS) is 11.4. The smallest absolute Gasteiger partial charge is 0.232 e. The summed E-state index contributed by atoms with van der Waals surface area (Å²) >= 11 is 0. The summed E-state index contributed by atoms with van der Waals surface area (Å²) in [6.45, 7) is 4.47. The molecule has 7 heteroatoms. The van der Waals surface area contributed by atoms with E-state index in [2.05, 4.69) is 4.98 Å². The Kier molecular flexibility index (Phi) is 5.07. The minimum absolute atomic E-state index is 0.393. The highest BCUT2D eigenvalue weighted by atomic mass is 32.2. The molecule has 0 aliphatic heterocycles. The van der Waals surface area contributed by atoms with Gasteiger partial charge >= 0.3 is 0 Å². The number of hydrogen-bond donors (Lipinski definition) is 0. The summed E-state index contributed by atoms with van der Waals surface area (Å²) in [4.78, 5) is 4.20. The summed E-state index contributed by atoms with van der Waals surface area (Å²) in [6, 6.07) is 6.99. The van der Waals surface area contributed by atoms with E-state index in [0.29, 0.717) is 36.9 Å². The summed E-state index contributed by atoms with van der Waals surface area (Å²) < 4.78 is 35.4. The molecule has 0 atom stereocenters. The van der Waals surface area contributed by atoms with Gasteiger partial charge in [0, 0.05) is 19.9 Å². The van der Waals surface area contributed by atoms with Crippen LogP contribution in [0.15, 0.2) is 34.9 Å². The molecule has 0 saturated carbocycles. The van der Waals surface area contributed by atoms with Crippen LogP contribution in [0, 0.1) is 6.92 Å². The summed E-state index contributed by atoms with van der Waals surface area (Å²) in [5.41, 5.74) is 1.48. The molecule has 0 spiro atoms. The van der Waals surface area contributed by atoms with E-state index in [1.165, 1.54) is 10.6 Å². The number of sulfonamides is 1. The van der Waals surface area contributed by atoms with E-state index in [9.17, 15) is 8.42 Å². The van der Waals surface area contributed by atoms with Crippen LogP contribution < -0.4 is 9.04 Å². The molecular weight excluding hydrogens is 304 g/mol. The average molecular weight is 324 g/mol. The SMILES string of the molecule is CCN(c1ccc(OCCc2coc(C)n2)cc1)S(C)(=O)=O. The molecule has 2 aromatic rings. The van der Waals surface area contributed by atoms with Gasteiger partial charge in [-0.3, -0.25) is 4.31 Å². The first-order chi connectivity index (χ1) is 10.4. The molecule has 0 aliphatic rings. The molecule has 1 aromatic carbocycles. The Labute approximate surface area is 130 Å². The second kappa shape index (κ2) is 6.83. The van der Waals surface area contributed by atoms with Crippen molar-refractivity contribution in [2.45, 2.75) is 20.3 Å². The fraction of sp³-hybridized carbons (Fsp3) is 0.400. The number of benzene rings is 1. The lowest BCUT2D eigenvalue weighted by Crippen LogP contribution is -2.29. The summed E-state index contributed by atoms with van der Waals surface area (Å²) in [7, 11) is -3.26. The molecule has 2 rings (SSSR count). The van der Waals surface area contributed by atoms with E-state index in [-0.39, 0.29) is 0 Å². The van der Waals surface area contributed by atoms with Gasteiger partial charge in [-0.2, -0.15) is 0 Å². The Balaban J connectivity index is 1.94. The lowest BCUT2D eigenvalue weighted by Gasteiger charge is -2.20. The number of aromatic nitrogens is 1. The zero-order valence-corrected chi connectivity index (χ0v) is 13.8. The van der Waals surface area contributed by atoms with Gasteiger partial charge in [0.15, 0.2) is 5.89 Å². The van der Waals surface area contributed by atoms with E-state index in [4.69, 9.17) is 9.15 Å². The van der Waals surface area contributed by atoms with Crippen LogP contribution in [0.2, 0.25) is 0 Å². The predicted octanol–water partition coefficient (Wildman–Crippen LogP) is 2.39. The van der Waals surface area contributed by atoms with E-state index in [0.717, 1.165) is 5.69 Å². The van der Waals surface area contributed by atoms with Crippen LogP contribution in [0.4, 0.5) is 5.69 Å². The monoisotopic (exact) mass is 324 g/mol. The van der Waals surface area contributed by atoms with Crippen LogP contribution in [0.1, 0.15) is 18.5 Å². The fourth-order valence-electron chi connectivity index (χ4n) is 2.11. The van der Waals surface area contributed by atoms with E-state index in [1.807, 2.05) is 0 Å². The largest absolute Gasteiger partial charge is 0.493 e. The number of nitrogens with zero attached hydrogens (tertiary/aromatic N) is 2. The van der Waals surface area contributed by atoms with Gasteiger partial charge in [-0.15, -0.1) is 0 Å². The van der Waals surface area contributed by atoms with Gasteiger partial charge in [0.1, 0.15) is 12.0 Å². The van der Waals surface area contributed by atoms with Crippen molar-refractivity contribution in [2.24, 2.45) is 0 Å². The zero-order chi connectivity index (χ0) is 16.2. The highest BCUT2D eigenvalue weighted by molar-refractivity contribution is 7.92. The molecule has 0 saturated heterocycles. The Morgan fingerprint density at radius 3 is 2.45 bits per heavy atom. The van der Waals surface area contributed by atoms with Crippen LogP contribution in [0.5, 0.6) is 5.75 Å². The number of ether oxygens (including phenoxy) is 1. The molecule has 1 aromatic heterocycles. The molecule has 22 heavy (non-hydrogen) atoms. The first-order valence-electron chi connectivity index (χ1n) is 7.01. The van der Waals surface area contributed by atoms with E-state index in [1.54, 1.807) is 44.4 Å². The van der Waals surface area contributed by atoms with Gasteiger partial charge in [0.2, 0.25) is 10.0 Å².